The number of esters is 1. The van der Waals surface area contributed by atoms with Gasteiger partial charge in [0, 0.05) is 12.7 Å². The van der Waals surface area contributed by atoms with Crippen molar-refractivity contribution in [2.75, 3.05) is 13.7 Å². The summed E-state index contributed by atoms with van der Waals surface area (Å²) in [5, 5.41) is 0. The Morgan fingerprint density at radius 2 is 2.07 bits per heavy atom. The van der Waals surface area contributed by atoms with Crippen LogP contribution in [0.2, 0.25) is 0 Å². The normalized spacial score (nSPS) is 9.80. The van der Waals surface area contributed by atoms with Crippen molar-refractivity contribution in [3.8, 4) is 0 Å². The minimum absolute atomic E-state index is 0.203. The zero-order valence-corrected chi connectivity index (χ0v) is 9.40. The van der Waals surface area contributed by atoms with Gasteiger partial charge in [-0.05, 0) is 19.9 Å². The lowest BCUT2D eigenvalue weighted by molar-refractivity contribution is -0.140. The monoisotopic (exact) mass is 211 g/mol. The number of hydrogen-bond acceptors (Lipinski definition) is 3. The van der Waals surface area contributed by atoms with E-state index >= 15 is 0 Å². The van der Waals surface area contributed by atoms with Gasteiger partial charge in [0.05, 0.1) is 13.5 Å². The van der Waals surface area contributed by atoms with E-state index in [-0.39, 0.29) is 12.4 Å². The third-order valence-corrected chi connectivity index (χ3v) is 1.64. The van der Waals surface area contributed by atoms with Gasteiger partial charge >= 0.3 is 5.97 Å². The SMILES string of the molecule is COC(=O)CCN(C=O)/C=C\C=C(C)C. The molecule has 4 nitrogen and oxygen atoms in total. The highest BCUT2D eigenvalue weighted by Gasteiger charge is 2.02. The van der Waals surface area contributed by atoms with Crippen LogP contribution in [0.15, 0.2) is 23.9 Å². The van der Waals surface area contributed by atoms with E-state index in [1.807, 2.05) is 19.9 Å². The number of methoxy groups -OCH3 is 1. The van der Waals surface area contributed by atoms with Gasteiger partial charge in [-0.3, -0.25) is 9.59 Å². The Morgan fingerprint density at radius 3 is 2.53 bits per heavy atom. The van der Waals surface area contributed by atoms with Crippen LogP contribution in [0.3, 0.4) is 0 Å². The minimum Gasteiger partial charge on any atom is -0.469 e. The molecule has 0 saturated carbocycles. The maximum absolute atomic E-state index is 10.8. The summed E-state index contributed by atoms with van der Waals surface area (Å²) in [6, 6.07) is 0. The smallest absolute Gasteiger partial charge is 0.307 e. The molecule has 0 N–H and O–H groups in total. The summed E-state index contributed by atoms with van der Waals surface area (Å²) in [5.41, 5.74) is 1.14. The summed E-state index contributed by atoms with van der Waals surface area (Å²) >= 11 is 0. The topological polar surface area (TPSA) is 46.6 Å². The lowest BCUT2D eigenvalue weighted by atomic mass is 10.3. The van der Waals surface area contributed by atoms with Gasteiger partial charge in [0.1, 0.15) is 0 Å². The number of ether oxygens (including phenoxy) is 1. The van der Waals surface area contributed by atoms with Crippen molar-refractivity contribution >= 4 is 12.4 Å². The molecule has 0 fully saturated rings. The standard InChI is InChI=1S/C11H17NO3/c1-10(2)5-4-7-12(9-13)8-6-11(14)15-3/h4-5,7,9H,6,8H2,1-3H3/b7-4-. The molecule has 0 bridgehead atoms. The first-order chi connectivity index (χ1) is 7.10. The molecule has 0 rings (SSSR count). The van der Waals surface area contributed by atoms with E-state index in [9.17, 15) is 9.59 Å². The molecule has 4 heteroatoms. The molecule has 1 amide bonds. The number of carbonyl (C=O) groups is 2. The Bertz CT molecular complexity index is 265. The predicted octanol–water partition coefficient (Wildman–Crippen LogP) is 1.49. The fourth-order valence-corrected chi connectivity index (χ4v) is 0.831. The van der Waals surface area contributed by atoms with Crippen molar-refractivity contribution in [2.45, 2.75) is 20.3 Å². The van der Waals surface area contributed by atoms with Crippen molar-refractivity contribution in [3.05, 3.63) is 23.9 Å². The largest absolute Gasteiger partial charge is 0.469 e. The number of hydrogen-bond donors (Lipinski definition) is 0. The van der Waals surface area contributed by atoms with Gasteiger partial charge in [0.15, 0.2) is 0 Å². The molecule has 0 spiro atoms. The van der Waals surface area contributed by atoms with Crippen LogP contribution in [0.1, 0.15) is 20.3 Å². The summed E-state index contributed by atoms with van der Waals surface area (Å²) in [5.74, 6) is -0.322. The maximum Gasteiger partial charge on any atom is 0.307 e. The van der Waals surface area contributed by atoms with Gasteiger partial charge in [-0.15, -0.1) is 0 Å². The van der Waals surface area contributed by atoms with Gasteiger partial charge in [-0.2, -0.15) is 0 Å². The van der Waals surface area contributed by atoms with E-state index in [1.54, 1.807) is 12.3 Å². The van der Waals surface area contributed by atoms with Crippen LogP contribution >= 0.6 is 0 Å². The number of rotatable bonds is 6. The molecule has 0 aromatic rings. The quantitative estimate of drug-likeness (QED) is 0.380. The van der Waals surface area contributed by atoms with E-state index in [0.29, 0.717) is 13.0 Å². The molecule has 15 heavy (non-hydrogen) atoms. The summed E-state index contributed by atoms with van der Waals surface area (Å²) in [6.45, 7) is 4.26. The van der Waals surface area contributed by atoms with E-state index in [2.05, 4.69) is 4.74 Å². The Morgan fingerprint density at radius 1 is 1.40 bits per heavy atom. The Hall–Kier alpha value is -1.58. The number of allylic oxidation sites excluding steroid dienone is 3. The Balaban J connectivity index is 4.03. The molecule has 0 atom stereocenters. The van der Waals surface area contributed by atoms with E-state index in [1.165, 1.54) is 12.0 Å². The lowest BCUT2D eigenvalue weighted by Gasteiger charge is -2.10. The molecule has 84 valence electrons. The average molecular weight is 211 g/mol. The van der Waals surface area contributed by atoms with Crippen LogP contribution in [-0.2, 0) is 14.3 Å². The van der Waals surface area contributed by atoms with Crippen LogP contribution in [-0.4, -0.2) is 30.9 Å². The average Bonchev–Trinajstić information content (AvgIpc) is 2.22. The first-order valence-corrected chi connectivity index (χ1v) is 4.69. The van der Waals surface area contributed by atoms with Gasteiger partial charge in [0.25, 0.3) is 0 Å². The molecular weight excluding hydrogens is 194 g/mol. The van der Waals surface area contributed by atoms with E-state index in [4.69, 9.17) is 0 Å². The first-order valence-electron chi connectivity index (χ1n) is 4.69. The van der Waals surface area contributed by atoms with Gasteiger partial charge < -0.3 is 9.64 Å². The van der Waals surface area contributed by atoms with Crippen LogP contribution in [0, 0.1) is 0 Å². The first kappa shape index (κ1) is 13.4. The van der Waals surface area contributed by atoms with E-state index < -0.39 is 0 Å². The second kappa shape index (κ2) is 7.79. The predicted molar refractivity (Wildman–Crippen MR) is 58.0 cm³/mol. The number of amides is 1. The van der Waals surface area contributed by atoms with Crippen molar-refractivity contribution < 1.29 is 14.3 Å². The second-order valence-electron chi connectivity index (χ2n) is 3.25. The summed E-state index contributed by atoms with van der Waals surface area (Å²) in [6.07, 6.45) is 6.16. The maximum atomic E-state index is 10.8. The van der Waals surface area contributed by atoms with Crippen molar-refractivity contribution in [1.82, 2.24) is 4.90 Å². The van der Waals surface area contributed by atoms with Crippen LogP contribution in [0.25, 0.3) is 0 Å². The summed E-state index contributed by atoms with van der Waals surface area (Å²) in [7, 11) is 1.33. The molecule has 0 radical (unpaired) electrons. The molecule has 0 aliphatic rings. The zero-order valence-electron chi connectivity index (χ0n) is 9.40. The molecule has 0 aromatic carbocycles. The summed E-state index contributed by atoms with van der Waals surface area (Å²) in [4.78, 5) is 22.8. The zero-order chi connectivity index (χ0) is 11.7. The Labute approximate surface area is 90.2 Å². The molecule has 0 aliphatic carbocycles. The molecule has 0 unspecified atom stereocenters. The highest BCUT2D eigenvalue weighted by Crippen LogP contribution is 1.94. The number of nitrogens with zero attached hydrogens (tertiary/aromatic N) is 1. The third kappa shape index (κ3) is 7.49. The van der Waals surface area contributed by atoms with Crippen molar-refractivity contribution in [2.24, 2.45) is 0 Å². The van der Waals surface area contributed by atoms with Crippen LogP contribution < -0.4 is 0 Å². The van der Waals surface area contributed by atoms with Gasteiger partial charge in [-0.25, -0.2) is 0 Å². The van der Waals surface area contributed by atoms with Crippen molar-refractivity contribution in [1.29, 1.82) is 0 Å². The van der Waals surface area contributed by atoms with E-state index in [0.717, 1.165) is 5.57 Å². The molecule has 0 aliphatic heterocycles. The van der Waals surface area contributed by atoms with Crippen LogP contribution in [0.4, 0.5) is 0 Å². The number of carbonyl (C=O) groups excluding carboxylic acids is 2. The molecule has 0 heterocycles. The minimum atomic E-state index is -0.322. The van der Waals surface area contributed by atoms with Crippen LogP contribution in [0.5, 0.6) is 0 Å². The highest BCUT2D eigenvalue weighted by molar-refractivity contribution is 5.69. The molecule has 0 saturated heterocycles. The van der Waals surface area contributed by atoms with Crippen molar-refractivity contribution in [3.63, 3.8) is 0 Å². The fourth-order valence-electron chi connectivity index (χ4n) is 0.831. The van der Waals surface area contributed by atoms with Gasteiger partial charge in [0.2, 0.25) is 6.41 Å². The van der Waals surface area contributed by atoms with Gasteiger partial charge in [-0.1, -0.05) is 11.6 Å². The molecule has 0 aromatic heterocycles. The molecular formula is C11H17NO3. The third-order valence-electron chi connectivity index (χ3n) is 1.64. The highest BCUT2D eigenvalue weighted by atomic mass is 16.5. The summed E-state index contributed by atoms with van der Waals surface area (Å²) < 4.78 is 4.47. The Kier molecular flexibility index (Phi) is 6.97. The lowest BCUT2D eigenvalue weighted by Crippen LogP contribution is -2.19. The fraction of sp³-hybridized carbons (Fsp3) is 0.455. The second-order valence-corrected chi connectivity index (χ2v) is 3.25.